The molecule has 0 aliphatic carbocycles. The van der Waals surface area contributed by atoms with E-state index in [2.05, 4.69) is 12.2 Å². The average Bonchev–Trinajstić information content (AvgIpc) is 2.92. The van der Waals surface area contributed by atoms with Crippen molar-refractivity contribution in [1.82, 2.24) is 0 Å². The lowest BCUT2D eigenvalue weighted by molar-refractivity contribution is -0.153. The molecule has 2 N–H and O–H groups in total. The highest BCUT2D eigenvalue weighted by Gasteiger charge is 2.20. The van der Waals surface area contributed by atoms with E-state index >= 15 is 0 Å². The first-order chi connectivity index (χ1) is 18.0. The van der Waals surface area contributed by atoms with Gasteiger partial charge in [0.25, 0.3) is 0 Å². The van der Waals surface area contributed by atoms with Gasteiger partial charge in [0.1, 0.15) is 0 Å². The standard InChI is InChI=1S/C28H47NO4.C3H8O/c1-4-6-7-8-9-10-11-12-13-14-15-16-17-22-29-26-20-18-25(19-21-26)28(31)33-24(3)27(30)32-23-5-2;1-2-3-4/h18-21,24,29H,4-17,22-23H2,1-3H3;4H,2-3H2,1H3. The first-order valence-electron chi connectivity index (χ1n) is 14.8. The lowest BCUT2D eigenvalue weighted by Crippen LogP contribution is -2.26. The second-order valence-electron chi connectivity index (χ2n) is 9.69. The molecule has 0 bridgehead atoms. The zero-order chi connectivity index (χ0) is 27.6. The lowest BCUT2D eigenvalue weighted by Gasteiger charge is -2.13. The maximum absolute atomic E-state index is 12.2. The number of hydrogen-bond acceptors (Lipinski definition) is 6. The molecule has 0 saturated carbocycles. The van der Waals surface area contributed by atoms with E-state index in [1.165, 1.54) is 84.0 Å². The molecule has 6 nitrogen and oxygen atoms in total. The summed E-state index contributed by atoms with van der Waals surface area (Å²) in [5, 5.41) is 11.3. The van der Waals surface area contributed by atoms with E-state index < -0.39 is 18.0 Å². The second-order valence-corrected chi connectivity index (χ2v) is 9.69. The van der Waals surface area contributed by atoms with Crippen LogP contribution < -0.4 is 5.32 Å². The minimum Gasteiger partial charge on any atom is -0.463 e. The van der Waals surface area contributed by atoms with E-state index in [-0.39, 0.29) is 0 Å². The van der Waals surface area contributed by atoms with E-state index in [4.69, 9.17) is 14.6 Å². The molecule has 0 spiro atoms. The fraction of sp³-hybridized carbons (Fsp3) is 0.742. The number of aliphatic hydroxyl groups is 1. The number of anilines is 1. The summed E-state index contributed by atoms with van der Waals surface area (Å²) in [5.74, 6) is -1.03. The summed E-state index contributed by atoms with van der Waals surface area (Å²) >= 11 is 0. The van der Waals surface area contributed by atoms with Gasteiger partial charge in [0.2, 0.25) is 0 Å². The van der Waals surface area contributed by atoms with E-state index in [0.717, 1.165) is 31.5 Å². The quantitative estimate of drug-likeness (QED) is 0.126. The third kappa shape index (κ3) is 20.6. The minimum absolute atomic E-state index is 0.319. The molecule has 0 saturated heterocycles. The highest BCUT2D eigenvalue weighted by molar-refractivity contribution is 5.91. The van der Waals surface area contributed by atoms with Crippen LogP contribution >= 0.6 is 0 Å². The van der Waals surface area contributed by atoms with Gasteiger partial charge in [0.15, 0.2) is 6.10 Å². The molecule has 0 aromatic heterocycles. The normalized spacial score (nSPS) is 11.3. The topological polar surface area (TPSA) is 84.9 Å². The van der Waals surface area contributed by atoms with Crippen LogP contribution in [0.5, 0.6) is 0 Å². The molecule has 214 valence electrons. The van der Waals surface area contributed by atoms with Gasteiger partial charge in [-0.05, 0) is 50.5 Å². The Balaban J connectivity index is 0.00000300. The van der Waals surface area contributed by atoms with Crippen LogP contribution in [-0.2, 0) is 14.3 Å². The molecule has 1 aromatic rings. The number of aliphatic hydroxyl groups excluding tert-OH is 1. The molecule has 0 radical (unpaired) electrons. The summed E-state index contributed by atoms with van der Waals surface area (Å²) in [6.45, 7) is 9.23. The summed E-state index contributed by atoms with van der Waals surface area (Å²) < 4.78 is 10.2. The Morgan fingerprint density at radius 3 is 1.70 bits per heavy atom. The summed E-state index contributed by atoms with van der Waals surface area (Å²) in [7, 11) is 0. The van der Waals surface area contributed by atoms with E-state index in [9.17, 15) is 9.59 Å². The van der Waals surface area contributed by atoms with Gasteiger partial charge in [-0.25, -0.2) is 9.59 Å². The Kier molecular flexibility index (Phi) is 24.1. The van der Waals surface area contributed by atoms with Gasteiger partial charge < -0.3 is 19.9 Å². The van der Waals surface area contributed by atoms with Crippen LogP contribution in [0, 0.1) is 0 Å². The number of rotatable bonds is 21. The monoisotopic (exact) mass is 521 g/mol. The first kappa shape index (κ1) is 34.9. The van der Waals surface area contributed by atoms with E-state index in [1.807, 2.05) is 26.0 Å². The molecular weight excluding hydrogens is 466 g/mol. The van der Waals surface area contributed by atoms with Crippen LogP contribution in [0.1, 0.15) is 134 Å². The molecule has 0 fully saturated rings. The summed E-state index contributed by atoms with van der Waals surface area (Å²) in [6, 6.07) is 7.19. The molecule has 1 unspecified atom stereocenters. The van der Waals surface area contributed by atoms with Crippen molar-refractivity contribution in [3.05, 3.63) is 29.8 Å². The Morgan fingerprint density at radius 1 is 0.757 bits per heavy atom. The van der Waals surface area contributed by atoms with E-state index in [1.54, 1.807) is 12.1 Å². The van der Waals surface area contributed by atoms with Gasteiger partial charge >= 0.3 is 11.9 Å². The Labute approximate surface area is 226 Å². The molecule has 0 aliphatic heterocycles. The second kappa shape index (κ2) is 25.6. The number of hydrogen-bond donors (Lipinski definition) is 2. The maximum Gasteiger partial charge on any atom is 0.347 e. The zero-order valence-electron chi connectivity index (χ0n) is 24.2. The van der Waals surface area contributed by atoms with Crippen molar-refractivity contribution in [2.24, 2.45) is 0 Å². The fourth-order valence-corrected chi connectivity index (χ4v) is 3.70. The highest BCUT2D eigenvalue weighted by Crippen LogP contribution is 2.14. The van der Waals surface area contributed by atoms with Gasteiger partial charge in [0.05, 0.1) is 12.2 Å². The number of esters is 2. The minimum atomic E-state index is -0.905. The van der Waals surface area contributed by atoms with Crippen LogP contribution in [0.3, 0.4) is 0 Å². The smallest absolute Gasteiger partial charge is 0.347 e. The van der Waals surface area contributed by atoms with Crippen molar-refractivity contribution in [3.8, 4) is 0 Å². The van der Waals surface area contributed by atoms with Crippen molar-refractivity contribution in [2.45, 2.75) is 130 Å². The molecule has 1 atom stereocenters. The SMILES string of the molecule is CCCCCCCCCCCCCCCNc1ccc(C(=O)OC(C)C(=O)OCCC)cc1.CCCO. The van der Waals surface area contributed by atoms with Crippen LogP contribution in [-0.4, -0.2) is 42.9 Å². The lowest BCUT2D eigenvalue weighted by atomic mass is 10.0. The maximum atomic E-state index is 12.2. The van der Waals surface area contributed by atoms with E-state index in [0.29, 0.717) is 18.8 Å². The van der Waals surface area contributed by atoms with Gasteiger partial charge in [-0.2, -0.15) is 0 Å². The first-order valence-corrected chi connectivity index (χ1v) is 14.8. The van der Waals surface area contributed by atoms with Crippen molar-refractivity contribution in [1.29, 1.82) is 0 Å². The zero-order valence-corrected chi connectivity index (χ0v) is 24.2. The van der Waals surface area contributed by atoms with Crippen molar-refractivity contribution in [2.75, 3.05) is 25.1 Å². The van der Waals surface area contributed by atoms with Crippen molar-refractivity contribution >= 4 is 17.6 Å². The summed E-state index contributed by atoms with van der Waals surface area (Å²) in [6.07, 6.45) is 18.3. The molecule has 0 aliphatic rings. The van der Waals surface area contributed by atoms with Crippen molar-refractivity contribution in [3.63, 3.8) is 0 Å². The molecule has 37 heavy (non-hydrogen) atoms. The molecule has 1 aromatic carbocycles. The number of benzene rings is 1. The highest BCUT2D eigenvalue weighted by atomic mass is 16.6. The number of unbranched alkanes of at least 4 members (excludes halogenated alkanes) is 12. The molecular formula is C31H55NO5. The van der Waals surface area contributed by atoms with Crippen LogP contribution in [0.25, 0.3) is 0 Å². The third-order valence-corrected chi connectivity index (χ3v) is 6.02. The largest absolute Gasteiger partial charge is 0.463 e. The molecule has 0 amide bonds. The van der Waals surface area contributed by atoms with Crippen LogP contribution in [0.2, 0.25) is 0 Å². The molecule has 6 heteroatoms. The van der Waals surface area contributed by atoms with Crippen LogP contribution in [0.4, 0.5) is 5.69 Å². The molecule has 0 heterocycles. The van der Waals surface area contributed by atoms with Crippen LogP contribution in [0.15, 0.2) is 24.3 Å². The van der Waals surface area contributed by atoms with Gasteiger partial charge in [-0.1, -0.05) is 97.8 Å². The van der Waals surface area contributed by atoms with Gasteiger partial charge in [0, 0.05) is 18.8 Å². The Bertz CT molecular complexity index is 660. The fourth-order valence-electron chi connectivity index (χ4n) is 3.70. The third-order valence-electron chi connectivity index (χ3n) is 6.02. The number of nitrogens with one attached hydrogen (secondary N) is 1. The predicted molar refractivity (Wildman–Crippen MR) is 154 cm³/mol. The summed E-state index contributed by atoms with van der Waals surface area (Å²) in [4.78, 5) is 23.9. The van der Waals surface area contributed by atoms with Crippen molar-refractivity contribution < 1.29 is 24.2 Å². The number of carbonyl (C=O) groups is 2. The number of carbonyl (C=O) groups excluding carboxylic acids is 2. The Hall–Kier alpha value is -2.08. The predicted octanol–water partition coefficient (Wildman–Crippen LogP) is 8.08. The average molecular weight is 522 g/mol. The molecule has 1 rings (SSSR count). The summed E-state index contributed by atoms with van der Waals surface area (Å²) in [5.41, 5.74) is 1.41. The van der Waals surface area contributed by atoms with Gasteiger partial charge in [-0.15, -0.1) is 0 Å². The Morgan fingerprint density at radius 2 is 1.24 bits per heavy atom. The van der Waals surface area contributed by atoms with Gasteiger partial charge in [-0.3, -0.25) is 0 Å². The number of ether oxygens (including phenoxy) is 2.